The second kappa shape index (κ2) is 6.75. The fraction of sp³-hybridized carbons (Fsp3) is 0.385. The first-order chi connectivity index (χ1) is 11.6. The number of nitrogens with one attached hydrogen (secondary N) is 1. The van der Waals surface area contributed by atoms with E-state index in [0.29, 0.717) is 11.2 Å². The number of nitrogens with zero attached hydrogens (tertiary/aromatic N) is 4. The van der Waals surface area contributed by atoms with Crippen LogP contribution in [0.3, 0.4) is 0 Å². The molecule has 1 amide bonds. The Morgan fingerprint density at radius 2 is 1.96 bits per heavy atom. The van der Waals surface area contributed by atoms with Crippen LogP contribution in [0.25, 0.3) is 0 Å². The Labute approximate surface area is 144 Å². The lowest BCUT2D eigenvalue weighted by molar-refractivity contribution is -0.143. The number of anilines is 1. The molecule has 0 aliphatic carbocycles. The van der Waals surface area contributed by atoms with E-state index >= 15 is 0 Å². The summed E-state index contributed by atoms with van der Waals surface area (Å²) in [5, 5.41) is 8.86. The van der Waals surface area contributed by atoms with Crippen LogP contribution in [0.5, 0.6) is 0 Å². The number of hydrogen-bond donors (Lipinski definition) is 1. The van der Waals surface area contributed by atoms with Crippen molar-refractivity contribution < 1.29 is 27.5 Å². The fourth-order valence-corrected chi connectivity index (χ4v) is 2.41. The highest BCUT2D eigenvalue weighted by Gasteiger charge is 2.40. The van der Waals surface area contributed by atoms with Crippen molar-refractivity contribution in [3.63, 3.8) is 0 Å². The van der Waals surface area contributed by atoms with Crippen LogP contribution in [-0.4, -0.2) is 38.5 Å². The van der Waals surface area contributed by atoms with Crippen LogP contribution in [0.4, 0.5) is 18.9 Å². The Balaban J connectivity index is 2.39. The summed E-state index contributed by atoms with van der Waals surface area (Å²) in [5.41, 5.74) is -2.11. The second-order valence-electron chi connectivity index (χ2n) is 4.83. The Kier molecular flexibility index (Phi) is 5.07. The molecule has 8 nitrogen and oxygen atoms in total. The van der Waals surface area contributed by atoms with Crippen molar-refractivity contribution >= 4 is 29.2 Å². The fourth-order valence-electron chi connectivity index (χ4n) is 2.05. The molecule has 136 valence electrons. The van der Waals surface area contributed by atoms with Crippen LogP contribution in [0.15, 0.2) is 6.20 Å². The standard InChI is InChI=1S/C13H13ClF3N5O3/c1-4-22-5-6(8(20-22)12(24)25-3)18-11(23)9-7(14)10(13(15,16)17)21(2)19-9/h5H,4H2,1-3H3,(H,18,23). The van der Waals surface area contributed by atoms with Crippen LogP contribution in [0, 0.1) is 0 Å². The highest BCUT2D eigenvalue weighted by Crippen LogP contribution is 2.36. The largest absolute Gasteiger partial charge is 0.464 e. The highest BCUT2D eigenvalue weighted by atomic mass is 35.5. The van der Waals surface area contributed by atoms with Crippen LogP contribution < -0.4 is 5.32 Å². The highest BCUT2D eigenvalue weighted by molar-refractivity contribution is 6.34. The molecule has 2 aromatic rings. The van der Waals surface area contributed by atoms with Crippen molar-refractivity contribution in [3.05, 3.63) is 28.3 Å². The number of hydrogen-bond acceptors (Lipinski definition) is 5. The minimum atomic E-state index is -4.78. The van der Waals surface area contributed by atoms with E-state index in [1.54, 1.807) is 6.92 Å². The van der Waals surface area contributed by atoms with E-state index < -0.39 is 34.5 Å². The van der Waals surface area contributed by atoms with Crippen molar-refractivity contribution in [2.45, 2.75) is 19.6 Å². The van der Waals surface area contributed by atoms with Crippen molar-refractivity contribution in [1.29, 1.82) is 0 Å². The van der Waals surface area contributed by atoms with Gasteiger partial charge in [0.1, 0.15) is 5.02 Å². The summed E-state index contributed by atoms with van der Waals surface area (Å²) in [6.07, 6.45) is -3.44. The third-order valence-electron chi connectivity index (χ3n) is 3.19. The van der Waals surface area contributed by atoms with Crippen LogP contribution >= 0.6 is 11.6 Å². The molecule has 25 heavy (non-hydrogen) atoms. The summed E-state index contributed by atoms with van der Waals surface area (Å²) in [5.74, 6) is -1.83. The number of esters is 1. The van der Waals surface area contributed by atoms with E-state index in [4.69, 9.17) is 11.6 Å². The van der Waals surface area contributed by atoms with Crippen molar-refractivity contribution in [2.24, 2.45) is 7.05 Å². The quantitative estimate of drug-likeness (QED) is 0.823. The van der Waals surface area contributed by atoms with Gasteiger partial charge in [0.05, 0.1) is 12.8 Å². The monoisotopic (exact) mass is 379 g/mol. The van der Waals surface area contributed by atoms with Gasteiger partial charge in [-0.05, 0) is 6.92 Å². The molecule has 2 heterocycles. The molecule has 1 N–H and O–H groups in total. The SMILES string of the molecule is CCn1cc(NC(=O)c2nn(C)c(C(F)(F)F)c2Cl)c(C(=O)OC)n1. The van der Waals surface area contributed by atoms with Gasteiger partial charge in [-0.2, -0.15) is 23.4 Å². The minimum Gasteiger partial charge on any atom is -0.464 e. The molecule has 0 aromatic carbocycles. The topological polar surface area (TPSA) is 91.0 Å². The third kappa shape index (κ3) is 3.60. The maximum atomic E-state index is 12.9. The Morgan fingerprint density at radius 3 is 2.44 bits per heavy atom. The molecule has 0 aliphatic heterocycles. The molecule has 12 heteroatoms. The number of halogens is 4. The molecule has 2 aromatic heterocycles. The first-order valence-corrected chi connectivity index (χ1v) is 7.24. The zero-order valence-corrected chi connectivity index (χ0v) is 14.1. The number of carbonyl (C=O) groups excluding carboxylic acids is 2. The Morgan fingerprint density at radius 1 is 1.32 bits per heavy atom. The van der Waals surface area contributed by atoms with E-state index in [9.17, 15) is 22.8 Å². The van der Waals surface area contributed by atoms with Crippen LogP contribution in [-0.2, 0) is 24.5 Å². The molecule has 0 aliphatic rings. The molecule has 0 radical (unpaired) electrons. The van der Waals surface area contributed by atoms with E-state index in [0.717, 1.165) is 14.2 Å². The van der Waals surface area contributed by atoms with Gasteiger partial charge in [0.2, 0.25) is 0 Å². The molecule has 0 bridgehead atoms. The van der Waals surface area contributed by atoms with Crippen molar-refractivity contribution in [3.8, 4) is 0 Å². The summed E-state index contributed by atoms with van der Waals surface area (Å²) in [7, 11) is 2.14. The second-order valence-corrected chi connectivity index (χ2v) is 5.20. The number of alkyl halides is 3. The number of methoxy groups -OCH3 is 1. The van der Waals surface area contributed by atoms with Gasteiger partial charge in [0, 0.05) is 19.8 Å². The lowest BCUT2D eigenvalue weighted by atomic mass is 10.3. The van der Waals surface area contributed by atoms with Crippen LogP contribution in [0.1, 0.15) is 33.6 Å². The molecule has 0 spiro atoms. The van der Waals surface area contributed by atoms with Gasteiger partial charge in [-0.1, -0.05) is 11.6 Å². The molecule has 0 saturated heterocycles. The normalized spacial score (nSPS) is 11.5. The molecule has 0 unspecified atom stereocenters. The van der Waals surface area contributed by atoms with Crippen LogP contribution in [0.2, 0.25) is 5.02 Å². The number of amides is 1. The molecule has 0 saturated carbocycles. The Bertz CT molecular complexity index is 828. The average molecular weight is 380 g/mol. The number of aromatic nitrogens is 4. The van der Waals surface area contributed by atoms with Gasteiger partial charge >= 0.3 is 12.1 Å². The average Bonchev–Trinajstić information content (AvgIpc) is 3.06. The number of carbonyl (C=O) groups is 2. The predicted molar refractivity (Wildman–Crippen MR) is 80.4 cm³/mol. The lowest BCUT2D eigenvalue weighted by Gasteiger charge is -2.06. The maximum absolute atomic E-state index is 12.9. The van der Waals surface area contributed by atoms with Gasteiger partial charge in [-0.25, -0.2) is 4.79 Å². The molecular formula is C13H13ClF3N5O3. The first kappa shape index (κ1) is 18.8. The summed E-state index contributed by atoms with van der Waals surface area (Å²) < 4.78 is 45.1. The summed E-state index contributed by atoms with van der Waals surface area (Å²) in [6.45, 7) is 2.13. The van der Waals surface area contributed by atoms with E-state index in [2.05, 4.69) is 20.3 Å². The molecule has 0 atom stereocenters. The number of ether oxygens (including phenoxy) is 1. The van der Waals surface area contributed by atoms with Gasteiger partial charge < -0.3 is 10.1 Å². The first-order valence-electron chi connectivity index (χ1n) is 6.86. The molecule has 0 fully saturated rings. The minimum absolute atomic E-state index is 0.0334. The summed E-state index contributed by atoms with van der Waals surface area (Å²) in [6, 6.07) is 0. The lowest BCUT2D eigenvalue weighted by Crippen LogP contribution is -2.16. The van der Waals surface area contributed by atoms with Gasteiger partial charge in [0.15, 0.2) is 17.1 Å². The zero-order chi connectivity index (χ0) is 18.9. The van der Waals surface area contributed by atoms with Crippen molar-refractivity contribution in [1.82, 2.24) is 19.6 Å². The van der Waals surface area contributed by atoms with Gasteiger partial charge in [-0.3, -0.25) is 14.2 Å². The molecule has 2 rings (SSSR count). The smallest absolute Gasteiger partial charge is 0.434 e. The van der Waals surface area contributed by atoms with Gasteiger partial charge in [-0.15, -0.1) is 0 Å². The number of rotatable bonds is 4. The molecular weight excluding hydrogens is 367 g/mol. The maximum Gasteiger partial charge on any atom is 0.434 e. The van der Waals surface area contributed by atoms with Gasteiger partial charge in [0.25, 0.3) is 5.91 Å². The van der Waals surface area contributed by atoms with E-state index in [1.807, 2.05) is 0 Å². The number of aryl methyl sites for hydroxylation is 2. The van der Waals surface area contributed by atoms with Crippen molar-refractivity contribution in [2.75, 3.05) is 12.4 Å². The predicted octanol–water partition coefficient (Wildman–Crippen LogP) is 2.35. The Hall–Kier alpha value is -2.56. The van der Waals surface area contributed by atoms with E-state index in [-0.39, 0.29) is 11.4 Å². The summed E-state index contributed by atoms with van der Waals surface area (Å²) >= 11 is 5.66. The zero-order valence-electron chi connectivity index (χ0n) is 13.3. The van der Waals surface area contributed by atoms with E-state index in [1.165, 1.54) is 10.9 Å². The summed E-state index contributed by atoms with van der Waals surface area (Å²) in [4.78, 5) is 24.0. The third-order valence-corrected chi connectivity index (χ3v) is 3.54.